The fourth-order valence-corrected chi connectivity index (χ4v) is 6.29. The highest BCUT2D eigenvalue weighted by atomic mass is 32.1. The quantitative estimate of drug-likeness (QED) is 0.253. The maximum Gasteiger partial charge on any atom is 0.0964 e. The normalized spacial score (nSPS) is 12.0. The van der Waals surface area contributed by atoms with E-state index < -0.39 is 0 Å². The topological polar surface area (TPSA) is 17.8 Å². The number of thiophene rings is 1. The highest BCUT2D eigenvalue weighted by molar-refractivity contribution is 7.25. The van der Waals surface area contributed by atoms with Gasteiger partial charge in [-0.3, -0.25) is 4.98 Å². The van der Waals surface area contributed by atoms with Gasteiger partial charge in [-0.05, 0) is 53.4 Å². The van der Waals surface area contributed by atoms with Crippen molar-refractivity contribution in [3.63, 3.8) is 0 Å². The molecule has 35 heavy (non-hydrogen) atoms. The highest BCUT2D eigenvalue weighted by Gasteiger charge is 2.17. The summed E-state index contributed by atoms with van der Waals surface area (Å²) in [6.07, 6.45) is 2.01. The standard InChI is InChI=1S/C32H24N2S/c1-20(2)21-12-14-24(15-13-21)34-28-18-31-26(25-10-6-7-11-30(25)35-31)17-27(28)32-29(34)16-23(19-33-32)22-8-4-3-5-9-22/h3-20H,1-2H3. The number of hydrogen-bond donors (Lipinski definition) is 0. The Bertz CT molecular complexity index is 1860. The van der Waals surface area contributed by atoms with E-state index in [0.717, 1.165) is 16.6 Å². The second-order valence-corrected chi connectivity index (χ2v) is 10.6. The largest absolute Gasteiger partial charge is 0.308 e. The van der Waals surface area contributed by atoms with E-state index in [2.05, 4.69) is 115 Å². The van der Waals surface area contributed by atoms with Gasteiger partial charge in [0.2, 0.25) is 0 Å². The molecule has 0 fully saturated rings. The fourth-order valence-electron chi connectivity index (χ4n) is 5.17. The number of aromatic nitrogens is 2. The summed E-state index contributed by atoms with van der Waals surface area (Å²) in [5, 5.41) is 3.82. The van der Waals surface area contributed by atoms with E-state index in [0.29, 0.717) is 5.92 Å². The Morgan fingerprint density at radius 2 is 1.43 bits per heavy atom. The molecule has 4 aromatic carbocycles. The van der Waals surface area contributed by atoms with Gasteiger partial charge in [0.1, 0.15) is 0 Å². The molecule has 0 saturated heterocycles. The molecule has 168 valence electrons. The van der Waals surface area contributed by atoms with Crippen molar-refractivity contribution in [2.75, 3.05) is 0 Å². The molecule has 3 aromatic heterocycles. The van der Waals surface area contributed by atoms with Crippen molar-refractivity contribution in [1.82, 2.24) is 9.55 Å². The molecule has 0 spiro atoms. The van der Waals surface area contributed by atoms with E-state index in [1.54, 1.807) is 0 Å². The third-order valence-corrected chi connectivity index (χ3v) is 8.16. The maximum absolute atomic E-state index is 5.03. The Labute approximate surface area is 208 Å². The second-order valence-electron chi connectivity index (χ2n) is 9.50. The van der Waals surface area contributed by atoms with Crippen LogP contribution in [0.1, 0.15) is 25.3 Å². The van der Waals surface area contributed by atoms with E-state index in [1.165, 1.54) is 47.9 Å². The minimum atomic E-state index is 0.506. The molecule has 3 heteroatoms. The molecule has 7 aromatic rings. The fraction of sp³-hybridized carbons (Fsp3) is 0.0938. The van der Waals surface area contributed by atoms with Crippen LogP contribution >= 0.6 is 11.3 Å². The number of nitrogens with zero attached hydrogens (tertiary/aromatic N) is 2. The van der Waals surface area contributed by atoms with Gasteiger partial charge in [0, 0.05) is 43.0 Å². The summed E-state index contributed by atoms with van der Waals surface area (Å²) in [6, 6.07) is 35.2. The molecule has 0 atom stereocenters. The Morgan fingerprint density at radius 3 is 2.23 bits per heavy atom. The van der Waals surface area contributed by atoms with Gasteiger partial charge in [0.15, 0.2) is 0 Å². The van der Waals surface area contributed by atoms with Crippen molar-refractivity contribution < 1.29 is 0 Å². The monoisotopic (exact) mass is 468 g/mol. The Morgan fingerprint density at radius 1 is 0.657 bits per heavy atom. The molecule has 0 bridgehead atoms. The minimum absolute atomic E-state index is 0.506. The van der Waals surface area contributed by atoms with Crippen molar-refractivity contribution in [3.05, 3.63) is 109 Å². The first-order valence-corrected chi connectivity index (χ1v) is 12.9. The third-order valence-electron chi connectivity index (χ3n) is 7.02. The van der Waals surface area contributed by atoms with Crippen molar-refractivity contribution in [1.29, 1.82) is 0 Å². The zero-order valence-electron chi connectivity index (χ0n) is 19.7. The number of rotatable bonds is 3. The lowest BCUT2D eigenvalue weighted by molar-refractivity contribution is 0.866. The van der Waals surface area contributed by atoms with Crippen LogP contribution in [0.4, 0.5) is 0 Å². The van der Waals surface area contributed by atoms with Crippen LogP contribution < -0.4 is 0 Å². The highest BCUT2D eigenvalue weighted by Crippen LogP contribution is 2.40. The number of fused-ring (bicyclic) bond motifs is 6. The summed E-state index contributed by atoms with van der Waals surface area (Å²) in [4.78, 5) is 5.03. The number of hydrogen-bond acceptors (Lipinski definition) is 2. The second kappa shape index (κ2) is 7.79. The summed E-state index contributed by atoms with van der Waals surface area (Å²) < 4.78 is 5.02. The Balaban J connectivity index is 1.58. The summed E-state index contributed by atoms with van der Waals surface area (Å²) in [7, 11) is 0. The molecule has 3 heterocycles. The molecule has 7 rings (SSSR count). The summed E-state index contributed by atoms with van der Waals surface area (Å²) in [5.41, 5.74) is 8.22. The lowest BCUT2D eigenvalue weighted by atomic mass is 10.0. The van der Waals surface area contributed by atoms with Crippen LogP contribution in [0.2, 0.25) is 0 Å². The van der Waals surface area contributed by atoms with Crippen molar-refractivity contribution >= 4 is 53.4 Å². The van der Waals surface area contributed by atoms with E-state index >= 15 is 0 Å². The van der Waals surface area contributed by atoms with Gasteiger partial charge < -0.3 is 4.57 Å². The smallest absolute Gasteiger partial charge is 0.0964 e. The number of pyridine rings is 1. The molecule has 0 aliphatic heterocycles. The Hall–Kier alpha value is -3.95. The van der Waals surface area contributed by atoms with Crippen molar-refractivity contribution in [2.45, 2.75) is 19.8 Å². The van der Waals surface area contributed by atoms with E-state index in [9.17, 15) is 0 Å². The molecular formula is C32H24N2S. The van der Waals surface area contributed by atoms with Crippen LogP contribution in [0.5, 0.6) is 0 Å². The number of benzene rings is 4. The zero-order valence-corrected chi connectivity index (χ0v) is 20.5. The van der Waals surface area contributed by atoms with Gasteiger partial charge in [-0.2, -0.15) is 0 Å². The van der Waals surface area contributed by atoms with E-state index in [1.807, 2.05) is 17.5 Å². The summed E-state index contributed by atoms with van der Waals surface area (Å²) in [6.45, 7) is 4.48. The van der Waals surface area contributed by atoms with Crippen molar-refractivity contribution in [2.24, 2.45) is 0 Å². The van der Waals surface area contributed by atoms with Crippen LogP contribution in [-0.4, -0.2) is 9.55 Å². The van der Waals surface area contributed by atoms with Gasteiger partial charge >= 0.3 is 0 Å². The minimum Gasteiger partial charge on any atom is -0.308 e. The summed E-state index contributed by atoms with van der Waals surface area (Å²) in [5.74, 6) is 0.506. The average Bonchev–Trinajstić information content (AvgIpc) is 3.42. The van der Waals surface area contributed by atoms with Crippen molar-refractivity contribution in [3.8, 4) is 16.8 Å². The van der Waals surface area contributed by atoms with E-state index in [-0.39, 0.29) is 0 Å². The Kier molecular flexibility index (Phi) is 4.55. The molecule has 0 radical (unpaired) electrons. The van der Waals surface area contributed by atoms with Gasteiger partial charge in [-0.25, -0.2) is 0 Å². The van der Waals surface area contributed by atoms with Crippen LogP contribution in [0.3, 0.4) is 0 Å². The predicted octanol–water partition coefficient (Wildman–Crippen LogP) is 9.34. The predicted molar refractivity (Wildman–Crippen MR) is 151 cm³/mol. The first-order valence-electron chi connectivity index (χ1n) is 12.1. The van der Waals surface area contributed by atoms with Gasteiger partial charge in [0.25, 0.3) is 0 Å². The summed E-state index contributed by atoms with van der Waals surface area (Å²) >= 11 is 1.86. The molecule has 0 N–H and O–H groups in total. The van der Waals surface area contributed by atoms with Gasteiger partial charge in [-0.15, -0.1) is 11.3 Å². The van der Waals surface area contributed by atoms with Gasteiger partial charge in [-0.1, -0.05) is 74.5 Å². The maximum atomic E-state index is 5.03. The molecule has 0 unspecified atom stereocenters. The molecule has 2 nitrogen and oxygen atoms in total. The molecule has 0 saturated carbocycles. The van der Waals surface area contributed by atoms with Crippen LogP contribution in [-0.2, 0) is 0 Å². The average molecular weight is 469 g/mol. The van der Waals surface area contributed by atoms with Crippen LogP contribution in [0.25, 0.3) is 58.9 Å². The lowest BCUT2D eigenvalue weighted by Gasteiger charge is -2.11. The third kappa shape index (κ3) is 3.19. The van der Waals surface area contributed by atoms with Gasteiger partial charge in [0.05, 0.1) is 16.6 Å². The molecule has 0 amide bonds. The van der Waals surface area contributed by atoms with Crippen LogP contribution in [0.15, 0.2) is 103 Å². The molecule has 0 aliphatic rings. The zero-order chi connectivity index (χ0) is 23.5. The lowest BCUT2D eigenvalue weighted by Crippen LogP contribution is -1.95. The first kappa shape index (κ1) is 20.4. The van der Waals surface area contributed by atoms with E-state index in [4.69, 9.17) is 4.98 Å². The van der Waals surface area contributed by atoms with Crippen LogP contribution in [0, 0.1) is 0 Å². The first-order chi connectivity index (χ1) is 17.2. The molecular weight excluding hydrogens is 444 g/mol. The SMILES string of the molecule is CC(C)c1ccc(-n2c3cc4sc5ccccc5c4cc3c3ncc(-c4ccccc4)cc32)cc1. The molecule has 0 aliphatic carbocycles.